The molecule has 0 fully saturated rings. The van der Waals surface area contributed by atoms with Crippen molar-refractivity contribution in [1.82, 2.24) is 15.0 Å². The van der Waals surface area contributed by atoms with Gasteiger partial charge in [-0.1, -0.05) is 5.21 Å². The van der Waals surface area contributed by atoms with Crippen LogP contribution in [0.5, 0.6) is 0 Å². The molecule has 0 amide bonds. The van der Waals surface area contributed by atoms with Crippen LogP contribution >= 0.6 is 27.3 Å². The lowest BCUT2D eigenvalue weighted by Crippen LogP contribution is -2.10. The summed E-state index contributed by atoms with van der Waals surface area (Å²) in [5.41, 5.74) is 6.31. The van der Waals surface area contributed by atoms with Gasteiger partial charge in [-0.2, -0.15) is 0 Å². The highest BCUT2D eigenvalue weighted by atomic mass is 79.9. The molecule has 0 atom stereocenters. The normalized spacial score (nSPS) is 10.7. The quantitative estimate of drug-likeness (QED) is 0.926. The number of nitrogens with two attached hydrogens (primary N) is 1. The van der Waals surface area contributed by atoms with Crippen molar-refractivity contribution in [3.05, 3.63) is 22.1 Å². The van der Waals surface area contributed by atoms with Crippen LogP contribution in [0.2, 0.25) is 0 Å². The van der Waals surface area contributed by atoms with E-state index >= 15 is 0 Å². The highest BCUT2D eigenvalue weighted by Crippen LogP contribution is 2.31. The van der Waals surface area contributed by atoms with Crippen molar-refractivity contribution < 1.29 is 0 Å². The molecular formula is C8H9BrN4S. The summed E-state index contributed by atoms with van der Waals surface area (Å²) in [4.78, 5) is 1.10. The predicted molar refractivity (Wildman–Crippen MR) is 60.1 cm³/mol. The van der Waals surface area contributed by atoms with E-state index in [2.05, 4.69) is 26.2 Å². The van der Waals surface area contributed by atoms with Crippen molar-refractivity contribution >= 4 is 27.3 Å². The first-order chi connectivity index (χ1) is 6.81. The average molecular weight is 273 g/mol. The number of halogens is 1. The van der Waals surface area contributed by atoms with E-state index in [1.807, 2.05) is 17.6 Å². The van der Waals surface area contributed by atoms with Crippen LogP contribution in [-0.4, -0.2) is 21.5 Å². The summed E-state index contributed by atoms with van der Waals surface area (Å²) in [6.45, 7) is 1.28. The molecule has 2 aromatic rings. The minimum absolute atomic E-state index is 0.578. The van der Waals surface area contributed by atoms with Crippen LogP contribution in [0.3, 0.4) is 0 Å². The van der Waals surface area contributed by atoms with E-state index in [0.29, 0.717) is 13.1 Å². The van der Waals surface area contributed by atoms with Gasteiger partial charge in [0, 0.05) is 11.0 Å². The molecule has 0 aliphatic carbocycles. The van der Waals surface area contributed by atoms with Crippen molar-refractivity contribution in [2.75, 3.05) is 6.54 Å². The molecule has 0 spiro atoms. The third-order valence-corrected chi connectivity index (χ3v) is 3.61. The number of hydrogen-bond donors (Lipinski definition) is 1. The zero-order chi connectivity index (χ0) is 9.97. The molecule has 4 nitrogen and oxygen atoms in total. The maximum Gasteiger partial charge on any atom is 0.124 e. The Morgan fingerprint density at radius 3 is 3.07 bits per heavy atom. The first-order valence-electron chi connectivity index (χ1n) is 4.15. The van der Waals surface area contributed by atoms with Crippen molar-refractivity contribution in [3.8, 4) is 10.6 Å². The molecule has 74 valence electrons. The molecule has 0 unspecified atom stereocenters. The fourth-order valence-corrected chi connectivity index (χ4v) is 2.65. The third kappa shape index (κ3) is 1.87. The van der Waals surface area contributed by atoms with Gasteiger partial charge >= 0.3 is 0 Å². The fourth-order valence-electron chi connectivity index (χ4n) is 1.12. The Balaban J connectivity index is 2.29. The molecule has 2 aromatic heterocycles. The molecule has 6 heteroatoms. The van der Waals surface area contributed by atoms with E-state index in [4.69, 9.17) is 5.73 Å². The molecule has 0 bridgehead atoms. The molecule has 0 saturated heterocycles. The van der Waals surface area contributed by atoms with E-state index in [1.165, 1.54) is 0 Å². The summed E-state index contributed by atoms with van der Waals surface area (Å²) >= 11 is 5.10. The lowest BCUT2D eigenvalue weighted by molar-refractivity contribution is 0.598. The minimum atomic E-state index is 0.578. The van der Waals surface area contributed by atoms with E-state index in [1.54, 1.807) is 16.0 Å². The van der Waals surface area contributed by atoms with Crippen LogP contribution in [0.25, 0.3) is 10.6 Å². The number of rotatable bonds is 3. The number of hydrogen-bond acceptors (Lipinski definition) is 4. The van der Waals surface area contributed by atoms with Gasteiger partial charge in [-0.3, -0.25) is 4.68 Å². The van der Waals surface area contributed by atoms with E-state index < -0.39 is 0 Å². The fraction of sp³-hybridized carbons (Fsp3) is 0.250. The van der Waals surface area contributed by atoms with E-state index in [9.17, 15) is 0 Å². The second-order valence-corrected chi connectivity index (χ2v) is 4.52. The summed E-state index contributed by atoms with van der Waals surface area (Å²) in [6, 6.07) is 2.00. The van der Waals surface area contributed by atoms with Crippen LogP contribution in [0.1, 0.15) is 0 Å². The van der Waals surface area contributed by atoms with Crippen LogP contribution in [0, 0.1) is 0 Å². The molecule has 0 aliphatic rings. The molecule has 0 aromatic carbocycles. The van der Waals surface area contributed by atoms with Gasteiger partial charge in [0.05, 0.1) is 17.6 Å². The monoisotopic (exact) mass is 272 g/mol. The smallest absolute Gasteiger partial charge is 0.124 e. The number of aromatic nitrogens is 3. The Hall–Kier alpha value is -0.720. The maximum atomic E-state index is 5.42. The highest BCUT2D eigenvalue weighted by molar-refractivity contribution is 9.10. The summed E-state index contributed by atoms with van der Waals surface area (Å²) in [5.74, 6) is 0. The van der Waals surface area contributed by atoms with Gasteiger partial charge in [0.25, 0.3) is 0 Å². The zero-order valence-electron chi connectivity index (χ0n) is 7.35. The SMILES string of the molecule is NCCn1cc(-c2sccc2Br)nn1. The number of thiophene rings is 1. The number of nitrogens with zero attached hydrogens (tertiary/aromatic N) is 3. The van der Waals surface area contributed by atoms with Gasteiger partial charge in [0.15, 0.2) is 0 Å². The second-order valence-electron chi connectivity index (χ2n) is 2.75. The van der Waals surface area contributed by atoms with Gasteiger partial charge < -0.3 is 5.73 Å². The van der Waals surface area contributed by atoms with Crippen molar-refractivity contribution in [2.24, 2.45) is 5.73 Å². The van der Waals surface area contributed by atoms with Crippen LogP contribution in [-0.2, 0) is 6.54 Å². The summed E-state index contributed by atoms with van der Waals surface area (Å²) < 4.78 is 2.81. The Bertz CT molecular complexity index is 422. The van der Waals surface area contributed by atoms with Gasteiger partial charge in [-0.15, -0.1) is 16.4 Å². The average Bonchev–Trinajstić information content (AvgIpc) is 2.74. The summed E-state index contributed by atoms with van der Waals surface area (Å²) in [7, 11) is 0. The lowest BCUT2D eigenvalue weighted by atomic mass is 10.4. The molecule has 0 radical (unpaired) electrons. The summed E-state index contributed by atoms with van der Waals surface area (Å²) in [6.07, 6.45) is 1.91. The Kier molecular flexibility index (Phi) is 2.95. The van der Waals surface area contributed by atoms with Crippen molar-refractivity contribution in [3.63, 3.8) is 0 Å². The third-order valence-electron chi connectivity index (χ3n) is 1.75. The standard InChI is InChI=1S/C8H9BrN4S/c9-6-1-4-14-8(6)7-5-13(3-2-10)12-11-7/h1,4-5H,2-3,10H2. The largest absolute Gasteiger partial charge is 0.329 e. The Labute approximate surface area is 93.9 Å². The van der Waals surface area contributed by atoms with Gasteiger partial charge in [-0.05, 0) is 27.4 Å². The van der Waals surface area contributed by atoms with Crippen LogP contribution in [0.4, 0.5) is 0 Å². The first kappa shape index (κ1) is 9.82. The molecule has 2 N–H and O–H groups in total. The molecule has 14 heavy (non-hydrogen) atoms. The van der Waals surface area contributed by atoms with Crippen LogP contribution in [0.15, 0.2) is 22.1 Å². The van der Waals surface area contributed by atoms with E-state index in [0.717, 1.165) is 15.0 Å². The van der Waals surface area contributed by atoms with Crippen molar-refractivity contribution in [2.45, 2.75) is 6.54 Å². The molecular weight excluding hydrogens is 264 g/mol. The van der Waals surface area contributed by atoms with Crippen molar-refractivity contribution in [1.29, 1.82) is 0 Å². The lowest BCUT2D eigenvalue weighted by Gasteiger charge is -1.93. The van der Waals surface area contributed by atoms with Crippen LogP contribution < -0.4 is 5.73 Å². The topological polar surface area (TPSA) is 56.7 Å². The van der Waals surface area contributed by atoms with Gasteiger partial charge in [0.1, 0.15) is 5.69 Å². The van der Waals surface area contributed by atoms with E-state index in [-0.39, 0.29) is 0 Å². The van der Waals surface area contributed by atoms with Gasteiger partial charge in [0.2, 0.25) is 0 Å². The maximum absolute atomic E-state index is 5.42. The van der Waals surface area contributed by atoms with Gasteiger partial charge in [-0.25, -0.2) is 0 Å². The first-order valence-corrected chi connectivity index (χ1v) is 5.82. The Morgan fingerprint density at radius 2 is 2.43 bits per heavy atom. The molecule has 0 aliphatic heterocycles. The molecule has 2 heterocycles. The highest BCUT2D eigenvalue weighted by Gasteiger charge is 2.08. The molecule has 2 rings (SSSR count). The minimum Gasteiger partial charge on any atom is -0.329 e. The Morgan fingerprint density at radius 1 is 1.57 bits per heavy atom. The second kappa shape index (κ2) is 4.20. The summed E-state index contributed by atoms with van der Waals surface area (Å²) in [5, 5.41) is 10.1. The zero-order valence-corrected chi connectivity index (χ0v) is 9.75. The molecule has 0 saturated carbocycles. The predicted octanol–water partition coefficient (Wildman–Crippen LogP) is 1.73.